The molecule has 0 N–H and O–H groups in total. The van der Waals surface area contributed by atoms with E-state index in [9.17, 15) is 10.1 Å². The topological polar surface area (TPSA) is 61.0 Å². The number of hydrogen-bond donors (Lipinski definition) is 0. The van der Waals surface area contributed by atoms with Crippen LogP contribution in [0.5, 0.6) is 0 Å². The molecule has 2 aromatic rings. The van der Waals surface area contributed by atoms with Gasteiger partial charge in [-0.1, -0.05) is 6.92 Å². The Bertz CT molecular complexity index is 531. The number of benzene rings is 1. The van der Waals surface area contributed by atoms with Crippen LogP contribution in [-0.4, -0.2) is 14.7 Å². The first-order valence-corrected chi connectivity index (χ1v) is 4.73. The van der Waals surface area contributed by atoms with Crippen molar-refractivity contribution in [2.24, 2.45) is 7.05 Å². The van der Waals surface area contributed by atoms with E-state index < -0.39 is 0 Å². The van der Waals surface area contributed by atoms with Crippen molar-refractivity contribution in [3.8, 4) is 0 Å². The summed E-state index contributed by atoms with van der Waals surface area (Å²) in [4.78, 5) is 10.2. The fourth-order valence-corrected chi connectivity index (χ4v) is 1.77. The van der Waals surface area contributed by atoms with Gasteiger partial charge in [-0.3, -0.25) is 14.8 Å². The molecule has 0 radical (unpaired) electrons. The van der Waals surface area contributed by atoms with E-state index in [1.54, 1.807) is 16.8 Å². The molecule has 0 aliphatic carbocycles. The van der Waals surface area contributed by atoms with E-state index in [1.807, 2.05) is 14.0 Å². The summed E-state index contributed by atoms with van der Waals surface area (Å²) < 4.78 is 1.77. The zero-order valence-electron chi connectivity index (χ0n) is 8.60. The number of aromatic nitrogens is 2. The Morgan fingerprint density at radius 2 is 2.27 bits per heavy atom. The molecule has 1 aromatic heterocycles. The summed E-state index contributed by atoms with van der Waals surface area (Å²) in [5.41, 5.74) is 1.94. The van der Waals surface area contributed by atoms with Crippen LogP contribution in [0.1, 0.15) is 12.6 Å². The molecule has 78 valence electrons. The average molecular weight is 205 g/mol. The molecular weight excluding hydrogens is 194 g/mol. The molecule has 2 rings (SSSR count). The Labute approximate surface area is 86.5 Å². The molecule has 0 saturated carbocycles. The van der Waals surface area contributed by atoms with Gasteiger partial charge in [-0.15, -0.1) is 0 Å². The van der Waals surface area contributed by atoms with Crippen LogP contribution < -0.4 is 0 Å². The van der Waals surface area contributed by atoms with E-state index in [0.717, 1.165) is 23.0 Å². The molecule has 0 atom stereocenters. The first-order valence-electron chi connectivity index (χ1n) is 4.73. The molecule has 0 unspecified atom stereocenters. The monoisotopic (exact) mass is 205 g/mol. The summed E-state index contributed by atoms with van der Waals surface area (Å²) in [6.45, 7) is 2.01. The highest BCUT2D eigenvalue weighted by Crippen LogP contribution is 2.23. The van der Waals surface area contributed by atoms with Crippen LogP contribution in [-0.2, 0) is 13.5 Å². The Morgan fingerprint density at radius 1 is 1.53 bits per heavy atom. The molecule has 15 heavy (non-hydrogen) atoms. The van der Waals surface area contributed by atoms with Crippen molar-refractivity contribution in [2.75, 3.05) is 0 Å². The Morgan fingerprint density at radius 3 is 2.87 bits per heavy atom. The molecule has 0 saturated heterocycles. The van der Waals surface area contributed by atoms with Crippen molar-refractivity contribution in [2.45, 2.75) is 13.3 Å². The molecule has 0 aliphatic heterocycles. The van der Waals surface area contributed by atoms with E-state index in [1.165, 1.54) is 6.07 Å². The van der Waals surface area contributed by atoms with Gasteiger partial charge >= 0.3 is 0 Å². The minimum absolute atomic E-state index is 0.116. The van der Waals surface area contributed by atoms with Crippen molar-refractivity contribution < 1.29 is 4.92 Å². The molecule has 0 spiro atoms. The number of aryl methyl sites for hydroxylation is 2. The first-order chi connectivity index (χ1) is 7.13. The molecule has 0 fully saturated rings. The summed E-state index contributed by atoms with van der Waals surface area (Å²) in [5, 5.41) is 15.8. The van der Waals surface area contributed by atoms with E-state index in [4.69, 9.17) is 0 Å². The van der Waals surface area contributed by atoms with Gasteiger partial charge in [0.1, 0.15) is 0 Å². The quantitative estimate of drug-likeness (QED) is 0.556. The summed E-state index contributed by atoms with van der Waals surface area (Å²) in [6.07, 6.45) is 0.814. The van der Waals surface area contributed by atoms with Crippen LogP contribution >= 0.6 is 0 Å². The highest BCUT2D eigenvalue weighted by Gasteiger charge is 2.12. The molecule has 0 amide bonds. The summed E-state index contributed by atoms with van der Waals surface area (Å²) in [7, 11) is 1.85. The molecule has 1 aromatic carbocycles. The van der Waals surface area contributed by atoms with E-state index in [2.05, 4.69) is 5.10 Å². The third-order valence-electron chi connectivity index (χ3n) is 2.49. The SMILES string of the molecule is CCc1c2cc([N+](=O)[O-])ccc2nn1C. The maximum atomic E-state index is 10.6. The maximum absolute atomic E-state index is 10.6. The number of fused-ring (bicyclic) bond motifs is 1. The number of hydrogen-bond acceptors (Lipinski definition) is 3. The van der Waals surface area contributed by atoms with Crippen molar-refractivity contribution in [3.05, 3.63) is 34.0 Å². The van der Waals surface area contributed by atoms with Crippen molar-refractivity contribution in [3.63, 3.8) is 0 Å². The lowest BCUT2D eigenvalue weighted by atomic mass is 10.1. The second-order valence-corrected chi connectivity index (χ2v) is 3.38. The van der Waals surface area contributed by atoms with Gasteiger partial charge in [-0.25, -0.2) is 0 Å². The minimum Gasteiger partial charge on any atom is -0.271 e. The predicted molar refractivity (Wildman–Crippen MR) is 56.7 cm³/mol. The lowest BCUT2D eigenvalue weighted by Gasteiger charge is -1.96. The maximum Gasteiger partial charge on any atom is 0.270 e. The molecule has 5 nitrogen and oxygen atoms in total. The van der Waals surface area contributed by atoms with Crippen molar-refractivity contribution in [1.82, 2.24) is 9.78 Å². The summed E-state index contributed by atoms with van der Waals surface area (Å²) in [6, 6.07) is 4.75. The Kier molecular flexibility index (Phi) is 2.15. The van der Waals surface area contributed by atoms with Crippen LogP contribution in [0.15, 0.2) is 18.2 Å². The predicted octanol–water partition coefficient (Wildman–Crippen LogP) is 2.04. The lowest BCUT2D eigenvalue weighted by Crippen LogP contribution is -1.95. The third-order valence-corrected chi connectivity index (χ3v) is 2.49. The van der Waals surface area contributed by atoms with Gasteiger partial charge in [0.25, 0.3) is 5.69 Å². The zero-order valence-corrected chi connectivity index (χ0v) is 8.60. The minimum atomic E-state index is -0.383. The molecule has 0 aliphatic rings. The third kappa shape index (κ3) is 1.45. The van der Waals surface area contributed by atoms with E-state index in [-0.39, 0.29) is 10.6 Å². The van der Waals surface area contributed by atoms with Crippen LogP contribution in [0.25, 0.3) is 10.9 Å². The van der Waals surface area contributed by atoms with Gasteiger partial charge in [0, 0.05) is 30.3 Å². The molecular formula is C10H11N3O2. The van der Waals surface area contributed by atoms with E-state index in [0.29, 0.717) is 0 Å². The Hall–Kier alpha value is -1.91. The van der Waals surface area contributed by atoms with Crippen LogP contribution in [0.2, 0.25) is 0 Å². The first kappa shape index (κ1) is 9.64. The fraction of sp³-hybridized carbons (Fsp3) is 0.300. The fourth-order valence-electron chi connectivity index (χ4n) is 1.77. The number of nitro benzene ring substituents is 1. The highest BCUT2D eigenvalue weighted by molar-refractivity contribution is 5.83. The zero-order chi connectivity index (χ0) is 11.0. The standard InChI is InChI=1S/C10H11N3O2/c1-3-10-8-6-7(13(14)15)4-5-9(8)11-12(10)2/h4-6H,3H2,1-2H3. The summed E-state index contributed by atoms with van der Waals surface area (Å²) in [5.74, 6) is 0. The second-order valence-electron chi connectivity index (χ2n) is 3.38. The number of rotatable bonds is 2. The Balaban J connectivity index is 2.73. The number of nitrogens with zero attached hydrogens (tertiary/aromatic N) is 3. The normalized spacial score (nSPS) is 10.8. The van der Waals surface area contributed by atoms with Gasteiger partial charge < -0.3 is 0 Å². The number of non-ortho nitro benzene ring substituents is 1. The van der Waals surface area contributed by atoms with E-state index >= 15 is 0 Å². The highest BCUT2D eigenvalue weighted by atomic mass is 16.6. The number of nitro groups is 1. The van der Waals surface area contributed by atoms with Crippen molar-refractivity contribution >= 4 is 16.6 Å². The summed E-state index contributed by atoms with van der Waals surface area (Å²) >= 11 is 0. The molecule has 0 bridgehead atoms. The van der Waals surface area contributed by atoms with Gasteiger partial charge in [-0.05, 0) is 12.5 Å². The van der Waals surface area contributed by atoms with Crippen LogP contribution in [0.3, 0.4) is 0 Å². The van der Waals surface area contributed by atoms with Crippen molar-refractivity contribution in [1.29, 1.82) is 0 Å². The lowest BCUT2D eigenvalue weighted by molar-refractivity contribution is -0.384. The van der Waals surface area contributed by atoms with Gasteiger partial charge in [0.2, 0.25) is 0 Å². The largest absolute Gasteiger partial charge is 0.271 e. The average Bonchev–Trinajstić information content (AvgIpc) is 2.51. The second kappa shape index (κ2) is 3.34. The van der Waals surface area contributed by atoms with Gasteiger partial charge in [-0.2, -0.15) is 5.10 Å². The smallest absolute Gasteiger partial charge is 0.270 e. The van der Waals surface area contributed by atoms with Gasteiger partial charge in [0.05, 0.1) is 10.4 Å². The molecule has 1 heterocycles. The van der Waals surface area contributed by atoms with Crippen LogP contribution in [0, 0.1) is 10.1 Å². The van der Waals surface area contributed by atoms with Crippen LogP contribution in [0.4, 0.5) is 5.69 Å². The van der Waals surface area contributed by atoms with Gasteiger partial charge in [0.15, 0.2) is 0 Å². The molecule has 5 heteroatoms.